The molecule has 0 radical (unpaired) electrons. The lowest BCUT2D eigenvalue weighted by molar-refractivity contribution is 0.102. The highest BCUT2D eigenvalue weighted by atomic mass is 19.1. The van der Waals surface area contributed by atoms with E-state index in [1.807, 2.05) is 44.3 Å². The van der Waals surface area contributed by atoms with Gasteiger partial charge in [-0.2, -0.15) is 0 Å². The largest absolute Gasteiger partial charge is 0.324 e. The first-order valence-corrected chi connectivity index (χ1v) is 12.4. The van der Waals surface area contributed by atoms with Gasteiger partial charge < -0.3 is 15.2 Å². The van der Waals surface area contributed by atoms with Gasteiger partial charge in [-0.3, -0.25) is 9.78 Å². The molecule has 9 heteroatoms. The summed E-state index contributed by atoms with van der Waals surface area (Å²) in [6.07, 6.45) is 8.62. The monoisotopic (exact) mass is 521 g/mol. The smallest absolute Gasteiger partial charge is 0.255 e. The third-order valence-electron chi connectivity index (χ3n) is 6.23. The maximum Gasteiger partial charge on any atom is 0.255 e. The summed E-state index contributed by atoms with van der Waals surface area (Å²) in [4.78, 5) is 30.6. The second kappa shape index (κ2) is 10.4. The molecule has 3 heterocycles. The van der Waals surface area contributed by atoms with Crippen molar-refractivity contribution in [3.05, 3.63) is 108 Å². The van der Waals surface area contributed by atoms with Gasteiger partial charge in [-0.25, -0.2) is 19.3 Å². The third kappa shape index (κ3) is 5.98. The number of carbonyl (C=O) groups is 1. The van der Waals surface area contributed by atoms with Crippen LogP contribution in [0.25, 0.3) is 16.9 Å². The summed E-state index contributed by atoms with van der Waals surface area (Å²) in [5, 5.41) is 6.14. The van der Waals surface area contributed by atoms with Crippen LogP contribution in [-0.4, -0.2) is 30.4 Å². The number of nitrogens with zero attached hydrogens (tertiary/aromatic N) is 5. The van der Waals surface area contributed by atoms with E-state index in [2.05, 4.69) is 30.6 Å². The molecular weight excluding hydrogens is 493 g/mol. The number of benzene rings is 2. The lowest BCUT2D eigenvalue weighted by Crippen LogP contribution is -2.15. The minimum atomic E-state index is -1.60. The summed E-state index contributed by atoms with van der Waals surface area (Å²) >= 11 is 0. The van der Waals surface area contributed by atoms with Crippen LogP contribution >= 0.6 is 0 Å². The molecule has 0 bridgehead atoms. The minimum Gasteiger partial charge on any atom is -0.324 e. The van der Waals surface area contributed by atoms with Crippen molar-refractivity contribution in [1.29, 1.82) is 0 Å². The molecule has 0 unspecified atom stereocenters. The van der Waals surface area contributed by atoms with Gasteiger partial charge in [-0.1, -0.05) is 6.07 Å². The summed E-state index contributed by atoms with van der Waals surface area (Å²) in [5.74, 6) is 0.0693. The van der Waals surface area contributed by atoms with E-state index in [-0.39, 0.29) is 5.91 Å². The van der Waals surface area contributed by atoms with Crippen molar-refractivity contribution in [2.75, 3.05) is 10.6 Å². The topological polar surface area (TPSA) is 97.6 Å². The molecule has 0 spiro atoms. The first kappa shape index (κ1) is 25.7. The first-order chi connectivity index (χ1) is 18.7. The van der Waals surface area contributed by atoms with Crippen molar-refractivity contribution in [3.8, 4) is 16.9 Å². The van der Waals surface area contributed by atoms with E-state index in [1.165, 1.54) is 13.8 Å². The van der Waals surface area contributed by atoms with Crippen molar-refractivity contribution >= 4 is 23.2 Å². The normalized spacial score (nSPS) is 11.3. The van der Waals surface area contributed by atoms with Gasteiger partial charge in [0.2, 0.25) is 5.95 Å². The number of aryl methyl sites for hydroxylation is 2. The number of pyridine rings is 1. The SMILES string of the molecule is Cc1cn(-c2cc(NC(=O)c3ccc(C)c(Nc4nccc(-c5cccnc5)n4)c3)cc(C(C)(C)F)c2)cn1. The molecule has 0 aliphatic carbocycles. The van der Waals surface area contributed by atoms with Crippen molar-refractivity contribution in [2.24, 2.45) is 0 Å². The molecule has 0 fully saturated rings. The molecule has 0 saturated heterocycles. The standard InChI is InChI=1S/C30H28FN7O/c1-19-7-8-21(12-27(19)37-29-33-11-9-26(36-29)22-6-5-10-32-16-22)28(39)35-24-13-23(30(3,4)31)14-25(15-24)38-17-20(2)34-18-38/h5-18H,1-4H3,(H,35,39)(H,33,36,37). The van der Waals surface area contributed by atoms with Gasteiger partial charge in [0.05, 0.1) is 17.7 Å². The van der Waals surface area contributed by atoms with Gasteiger partial charge in [-0.15, -0.1) is 0 Å². The number of halogens is 1. The number of anilines is 3. The van der Waals surface area contributed by atoms with Crippen LogP contribution in [-0.2, 0) is 5.67 Å². The Labute approximate surface area is 226 Å². The number of imidazole rings is 1. The fraction of sp³-hybridized carbons (Fsp3) is 0.167. The number of hydrogen-bond acceptors (Lipinski definition) is 6. The van der Waals surface area contributed by atoms with Crippen LogP contribution < -0.4 is 10.6 Å². The summed E-state index contributed by atoms with van der Waals surface area (Å²) in [6.45, 7) is 6.78. The molecule has 0 aliphatic heterocycles. The van der Waals surface area contributed by atoms with Crippen LogP contribution in [0.5, 0.6) is 0 Å². The number of carbonyl (C=O) groups excluding carboxylic acids is 1. The number of aromatic nitrogens is 5. The first-order valence-electron chi connectivity index (χ1n) is 12.4. The third-order valence-corrected chi connectivity index (χ3v) is 6.23. The quantitative estimate of drug-likeness (QED) is 0.252. The average Bonchev–Trinajstić information content (AvgIpc) is 3.36. The fourth-order valence-corrected chi connectivity index (χ4v) is 4.05. The Morgan fingerprint density at radius 1 is 1.00 bits per heavy atom. The molecule has 2 N–H and O–H groups in total. The molecule has 1 amide bonds. The Bertz CT molecular complexity index is 1640. The van der Waals surface area contributed by atoms with Gasteiger partial charge >= 0.3 is 0 Å². The Balaban J connectivity index is 1.41. The lowest BCUT2D eigenvalue weighted by atomic mass is 9.98. The Hall–Kier alpha value is -4.92. The molecule has 2 aromatic carbocycles. The number of amides is 1. The summed E-state index contributed by atoms with van der Waals surface area (Å²) in [5.41, 5.74) is 4.49. The molecular formula is C30H28FN7O. The second-order valence-corrected chi connectivity index (χ2v) is 9.78. The highest BCUT2D eigenvalue weighted by molar-refractivity contribution is 6.05. The second-order valence-electron chi connectivity index (χ2n) is 9.78. The van der Waals surface area contributed by atoms with Gasteiger partial charge in [0.25, 0.3) is 5.91 Å². The van der Waals surface area contributed by atoms with Gasteiger partial charge in [-0.05, 0) is 87.4 Å². The van der Waals surface area contributed by atoms with E-state index < -0.39 is 5.67 Å². The maximum absolute atomic E-state index is 14.9. The highest BCUT2D eigenvalue weighted by Crippen LogP contribution is 2.30. The molecule has 3 aromatic heterocycles. The van der Waals surface area contributed by atoms with Crippen LogP contribution in [0, 0.1) is 13.8 Å². The number of rotatable bonds is 7. The molecule has 8 nitrogen and oxygen atoms in total. The zero-order valence-corrected chi connectivity index (χ0v) is 22.1. The van der Waals surface area contributed by atoms with Gasteiger partial charge in [0, 0.05) is 53.0 Å². The average molecular weight is 522 g/mol. The number of nitrogens with one attached hydrogen (secondary N) is 2. The van der Waals surface area contributed by atoms with E-state index >= 15 is 0 Å². The Kier molecular flexibility index (Phi) is 6.89. The summed E-state index contributed by atoms with van der Waals surface area (Å²) < 4.78 is 16.7. The maximum atomic E-state index is 14.9. The molecule has 196 valence electrons. The van der Waals surface area contributed by atoms with E-state index in [9.17, 15) is 9.18 Å². The van der Waals surface area contributed by atoms with Crippen LogP contribution in [0.15, 0.2) is 85.7 Å². The fourth-order valence-electron chi connectivity index (χ4n) is 4.05. The molecule has 5 aromatic rings. The van der Waals surface area contributed by atoms with Crippen molar-refractivity contribution < 1.29 is 9.18 Å². The summed E-state index contributed by atoms with van der Waals surface area (Å²) in [6, 6.07) is 16.1. The van der Waals surface area contributed by atoms with Crippen molar-refractivity contribution in [3.63, 3.8) is 0 Å². The Morgan fingerprint density at radius 2 is 1.85 bits per heavy atom. The molecule has 0 aliphatic rings. The summed E-state index contributed by atoms with van der Waals surface area (Å²) in [7, 11) is 0. The van der Waals surface area contributed by atoms with Crippen LogP contribution in [0.1, 0.15) is 41.0 Å². The van der Waals surface area contributed by atoms with Gasteiger partial charge in [0.1, 0.15) is 5.67 Å². The van der Waals surface area contributed by atoms with E-state index in [0.29, 0.717) is 34.1 Å². The predicted molar refractivity (Wildman–Crippen MR) is 150 cm³/mol. The lowest BCUT2D eigenvalue weighted by Gasteiger charge is -2.18. The minimum absolute atomic E-state index is 0.329. The zero-order valence-electron chi connectivity index (χ0n) is 22.1. The van der Waals surface area contributed by atoms with E-state index in [4.69, 9.17) is 0 Å². The van der Waals surface area contributed by atoms with Gasteiger partial charge in [0.15, 0.2) is 0 Å². The zero-order chi connectivity index (χ0) is 27.6. The van der Waals surface area contributed by atoms with E-state index in [0.717, 1.165) is 22.5 Å². The molecule has 0 atom stereocenters. The van der Waals surface area contributed by atoms with Crippen molar-refractivity contribution in [2.45, 2.75) is 33.4 Å². The molecule has 5 rings (SSSR count). The van der Waals surface area contributed by atoms with Crippen LogP contribution in [0.4, 0.5) is 21.7 Å². The van der Waals surface area contributed by atoms with Crippen LogP contribution in [0.2, 0.25) is 0 Å². The number of hydrogen-bond donors (Lipinski definition) is 2. The predicted octanol–water partition coefficient (Wildman–Crippen LogP) is 6.54. The molecule has 0 saturated carbocycles. The van der Waals surface area contributed by atoms with Crippen molar-refractivity contribution in [1.82, 2.24) is 24.5 Å². The van der Waals surface area contributed by atoms with Crippen LogP contribution in [0.3, 0.4) is 0 Å². The molecule has 39 heavy (non-hydrogen) atoms. The van der Waals surface area contributed by atoms with E-state index in [1.54, 1.807) is 59.8 Å². The number of alkyl halides is 1. The Morgan fingerprint density at radius 3 is 2.56 bits per heavy atom. The highest BCUT2D eigenvalue weighted by Gasteiger charge is 2.21.